The van der Waals surface area contributed by atoms with E-state index in [1.165, 1.54) is 30.3 Å². The summed E-state index contributed by atoms with van der Waals surface area (Å²) in [6.07, 6.45) is 1.61. The number of rotatable bonds is 8. The van der Waals surface area contributed by atoms with E-state index in [4.69, 9.17) is 9.47 Å². The first-order valence-corrected chi connectivity index (χ1v) is 10.4. The molecule has 0 radical (unpaired) electrons. The molecule has 0 saturated carbocycles. The highest BCUT2D eigenvalue weighted by atomic mass is 79.9. The first-order valence-electron chi connectivity index (χ1n) is 9.61. The van der Waals surface area contributed by atoms with Crippen molar-refractivity contribution >= 4 is 33.3 Å². The summed E-state index contributed by atoms with van der Waals surface area (Å²) in [6.45, 7) is 2.35. The van der Waals surface area contributed by atoms with Gasteiger partial charge in [-0.1, -0.05) is 24.3 Å². The molecule has 0 aliphatic rings. The molecule has 0 aromatic heterocycles. The first-order chi connectivity index (χ1) is 15.4. The zero-order chi connectivity index (χ0) is 23.1. The monoisotopic (exact) mass is 496 g/mol. The van der Waals surface area contributed by atoms with E-state index in [0.29, 0.717) is 39.3 Å². The summed E-state index contributed by atoms with van der Waals surface area (Å²) in [7, 11) is 0. The topological polar surface area (TPSA) is 85.4 Å². The van der Waals surface area contributed by atoms with Crippen LogP contribution < -0.4 is 9.47 Å². The molecule has 0 saturated heterocycles. The van der Waals surface area contributed by atoms with E-state index in [9.17, 15) is 19.8 Å². The summed E-state index contributed by atoms with van der Waals surface area (Å²) < 4.78 is 25.6. The lowest BCUT2D eigenvalue weighted by molar-refractivity contribution is -0.384. The van der Waals surface area contributed by atoms with Crippen LogP contribution in [-0.4, -0.2) is 11.5 Å². The summed E-state index contributed by atoms with van der Waals surface area (Å²) in [5.74, 6) is 0.545. The Kier molecular flexibility index (Phi) is 7.58. The van der Waals surface area contributed by atoms with Crippen LogP contribution in [0.15, 0.2) is 65.1 Å². The summed E-state index contributed by atoms with van der Waals surface area (Å²) in [5.41, 5.74) is 1.90. The lowest BCUT2D eigenvalue weighted by atomic mass is 10.0. The Morgan fingerprint density at radius 1 is 1.19 bits per heavy atom. The second-order valence-electron chi connectivity index (χ2n) is 6.66. The van der Waals surface area contributed by atoms with Gasteiger partial charge in [0.05, 0.1) is 27.6 Å². The van der Waals surface area contributed by atoms with Crippen molar-refractivity contribution in [2.24, 2.45) is 0 Å². The molecule has 0 amide bonds. The smallest absolute Gasteiger partial charge is 0.270 e. The second-order valence-corrected chi connectivity index (χ2v) is 7.51. The summed E-state index contributed by atoms with van der Waals surface area (Å²) in [5, 5.41) is 20.7. The molecule has 3 aromatic carbocycles. The van der Waals surface area contributed by atoms with E-state index >= 15 is 0 Å². The molecule has 3 rings (SSSR count). The second kappa shape index (κ2) is 10.6. The van der Waals surface area contributed by atoms with Gasteiger partial charge in [-0.2, -0.15) is 5.26 Å². The molecule has 0 unspecified atom stereocenters. The van der Waals surface area contributed by atoms with Crippen LogP contribution >= 0.6 is 15.9 Å². The molecule has 32 heavy (non-hydrogen) atoms. The molecule has 0 N–H and O–H groups in total. The van der Waals surface area contributed by atoms with Crippen LogP contribution in [0.5, 0.6) is 11.5 Å². The standard InChI is InChI=1S/C24H18BrFN2O4/c1-2-31-23-12-17(9-19(14-27)18-6-4-8-21(13-18)28(29)30)11-22(25)24(23)32-15-16-5-3-7-20(26)10-16/h3-13H,2,15H2,1H3. The van der Waals surface area contributed by atoms with Gasteiger partial charge in [-0.05, 0) is 69.9 Å². The van der Waals surface area contributed by atoms with Gasteiger partial charge in [-0.3, -0.25) is 10.1 Å². The number of ether oxygens (including phenoxy) is 2. The molecule has 0 bridgehead atoms. The largest absolute Gasteiger partial charge is 0.490 e. The third-order valence-electron chi connectivity index (χ3n) is 4.40. The molecule has 0 aliphatic carbocycles. The number of halogens is 2. The minimum Gasteiger partial charge on any atom is -0.490 e. The number of nitriles is 1. The predicted octanol–water partition coefficient (Wildman–Crippen LogP) is 6.54. The van der Waals surface area contributed by atoms with Crippen molar-refractivity contribution in [2.75, 3.05) is 6.61 Å². The summed E-state index contributed by atoms with van der Waals surface area (Å²) in [6, 6.07) is 17.6. The van der Waals surface area contributed by atoms with E-state index < -0.39 is 4.92 Å². The predicted molar refractivity (Wildman–Crippen MR) is 123 cm³/mol. The lowest BCUT2D eigenvalue weighted by Crippen LogP contribution is -2.01. The van der Waals surface area contributed by atoms with Gasteiger partial charge in [0.25, 0.3) is 5.69 Å². The number of non-ortho nitro benzene ring substituents is 1. The fraction of sp³-hybridized carbons (Fsp3) is 0.125. The quantitative estimate of drug-likeness (QED) is 0.153. The minimum atomic E-state index is -0.507. The zero-order valence-corrected chi connectivity index (χ0v) is 18.6. The number of nitro benzene ring substituents is 1. The lowest BCUT2D eigenvalue weighted by Gasteiger charge is -2.15. The Hall–Kier alpha value is -3.70. The number of allylic oxidation sites excluding steroid dienone is 1. The van der Waals surface area contributed by atoms with Crippen LogP contribution in [0, 0.1) is 27.3 Å². The number of benzene rings is 3. The normalized spacial score (nSPS) is 11.0. The SMILES string of the molecule is CCOc1cc(C=C(C#N)c2cccc([N+](=O)[O-])c2)cc(Br)c1OCc1cccc(F)c1. The van der Waals surface area contributed by atoms with Crippen molar-refractivity contribution in [2.45, 2.75) is 13.5 Å². The van der Waals surface area contributed by atoms with Gasteiger partial charge in [0, 0.05) is 12.1 Å². The van der Waals surface area contributed by atoms with Crippen LogP contribution in [0.2, 0.25) is 0 Å². The Balaban J connectivity index is 1.94. The Bertz CT molecular complexity index is 1220. The minimum absolute atomic E-state index is 0.0964. The molecular weight excluding hydrogens is 479 g/mol. The number of nitro groups is 1. The summed E-state index contributed by atoms with van der Waals surface area (Å²) in [4.78, 5) is 10.5. The molecule has 162 valence electrons. The Labute approximate surface area is 192 Å². The van der Waals surface area contributed by atoms with Crippen molar-refractivity contribution < 1.29 is 18.8 Å². The van der Waals surface area contributed by atoms with Gasteiger partial charge in [0.2, 0.25) is 0 Å². The van der Waals surface area contributed by atoms with Gasteiger partial charge in [-0.25, -0.2) is 4.39 Å². The average molecular weight is 497 g/mol. The number of hydrogen-bond donors (Lipinski definition) is 0. The van der Waals surface area contributed by atoms with Crippen molar-refractivity contribution in [3.63, 3.8) is 0 Å². The molecule has 0 spiro atoms. The Morgan fingerprint density at radius 2 is 1.97 bits per heavy atom. The zero-order valence-electron chi connectivity index (χ0n) is 17.0. The van der Waals surface area contributed by atoms with Crippen molar-refractivity contribution in [3.05, 3.63) is 97.8 Å². The van der Waals surface area contributed by atoms with Gasteiger partial charge in [-0.15, -0.1) is 0 Å². The van der Waals surface area contributed by atoms with E-state index in [0.717, 1.165) is 0 Å². The molecule has 8 heteroatoms. The van der Waals surface area contributed by atoms with Gasteiger partial charge in [0.15, 0.2) is 11.5 Å². The molecule has 0 heterocycles. The van der Waals surface area contributed by atoms with Gasteiger partial charge < -0.3 is 9.47 Å². The van der Waals surface area contributed by atoms with E-state index in [1.807, 2.05) is 6.92 Å². The highest BCUT2D eigenvalue weighted by Crippen LogP contribution is 2.38. The van der Waals surface area contributed by atoms with Gasteiger partial charge in [0.1, 0.15) is 12.4 Å². The van der Waals surface area contributed by atoms with Crippen LogP contribution in [0.3, 0.4) is 0 Å². The number of nitrogens with zero attached hydrogens (tertiary/aromatic N) is 2. The van der Waals surface area contributed by atoms with Crippen LogP contribution in [0.25, 0.3) is 11.6 Å². The number of hydrogen-bond acceptors (Lipinski definition) is 5. The van der Waals surface area contributed by atoms with E-state index in [2.05, 4.69) is 22.0 Å². The first kappa shape index (κ1) is 23.0. The summed E-state index contributed by atoms with van der Waals surface area (Å²) >= 11 is 3.47. The molecule has 0 fully saturated rings. The highest BCUT2D eigenvalue weighted by Gasteiger charge is 2.14. The molecular formula is C24H18BrFN2O4. The fourth-order valence-electron chi connectivity index (χ4n) is 2.99. The molecule has 0 atom stereocenters. The average Bonchev–Trinajstić information content (AvgIpc) is 2.77. The maximum absolute atomic E-state index is 13.4. The third-order valence-corrected chi connectivity index (χ3v) is 4.99. The molecule has 0 aliphatic heterocycles. The maximum atomic E-state index is 13.4. The third kappa shape index (κ3) is 5.71. The van der Waals surface area contributed by atoms with E-state index in [-0.39, 0.29) is 23.7 Å². The van der Waals surface area contributed by atoms with Crippen LogP contribution in [0.4, 0.5) is 10.1 Å². The Morgan fingerprint density at radius 3 is 2.66 bits per heavy atom. The fourth-order valence-corrected chi connectivity index (χ4v) is 3.56. The van der Waals surface area contributed by atoms with Crippen LogP contribution in [0.1, 0.15) is 23.6 Å². The van der Waals surface area contributed by atoms with Crippen molar-refractivity contribution in [1.82, 2.24) is 0 Å². The van der Waals surface area contributed by atoms with Crippen molar-refractivity contribution in [3.8, 4) is 17.6 Å². The van der Waals surface area contributed by atoms with Crippen molar-refractivity contribution in [1.29, 1.82) is 5.26 Å². The van der Waals surface area contributed by atoms with Crippen LogP contribution in [-0.2, 0) is 6.61 Å². The maximum Gasteiger partial charge on any atom is 0.270 e. The van der Waals surface area contributed by atoms with E-state index in [1.54, 1.807) is 36.4 Å². The molecule has 6 nitrogen and oxygen atoms in total. The highest BCUT2D eigenvalue weighted by molar-refractivity contribution is 9.10. The molecule has 3 aromatic rings. The van der Waals surface area contributed by atoms with Gasteiger partial charge >= 0.3 is 0 Å².